The van der Waals surface area contributed by atoms with E-state index in [1.54, 1.807) is 11.3 Å². The highest BCUT2D eigenvalue weighted by Crippen LogP contribution is 2.38. The van der Waals surface area contributed by atoms with Crippen LogP contribution in [0.5, 0.6) is 0 Å². The molecule has 0 bridgehead atoms. The van der Waals surface area contributed by atoms with E-state index in [0.717, 1.165) is 28.1 Å². The highest BCUT2D eigenvalue weighted by molar-refractivity contribution is 7.10. The lowest BCUT2D eigenvalue weighted by atomic mass is 10.0. The number of carbonyl (C=O) groups excluding carboxylic acids is 2. The van der Waals surface area contributed by atoms with Crippen molar-refractivity contribution >= 4 is 45.6 Å². The minimum atomic E-state index is -0.548. The Bertz CT molecular complexity index is 1360. The zero-order valence-electron chi connectivity index (χ0n) is 17.0. The molecule has 6 heteroatoms. The van der Waals surface area contributed by atoms with Gasteiger partial charge in [0.2, 0.25) is 0 Å². The lowest BCUT2D eigenvalue weighted by Crippen LogP contribution is -2.16. The fourth-order valence-corrected chi connectivity index (χ4v) is 4.66. The van der Waals surface area contributed by atoms with E-state index < -0.39 is 18.4 Å². The maximum atomic E-state index is 13.2. The Kier molecular flexibility index (Phi) is 5.37. The Morgan fingerprint density at radius 3 is 2.62 bits per heavy atom. The summed E-state index contributed by atoms with van der Waals surface area (Å²) in [5.41, 5.74) is 4.23. The lowest BCUT2D eigenvalue weighted by molar-refractivity contribution is 0.0475. The lowest BCUT2D eigenvalue weighted by Gasteiger charge is -2.12. The van der Waals surface area contributed by atoms with Crippen LogP contribution in [-0.4, -0.2) is 23.3 Å². The van der Waals surface area contributed by atoms with Crippen molar-refractivity contribution in [3.8, 4) is 0 Å². The average Bonchev–Trinajstić information content (AvgIpc) is 3.46. The van der Waals surface area contributed by atoms with E-state index in [4.69, 9.17) is 9.72 Å². The molecule has 0 saturated heterocycles. The topological polar surface area (TPSA) is 56.3 Å². The van der Waals surface area contributed by atoms with Gasteiger partial charge in [0.1, 0.15) is 5.82 Å². The van der Waals surface area contributed by atoms with Crippen molar-refractivity contribution in [1.29, 1.82) is 0 Å². The number of allylic oxidation sites excluding steroid dienone is 1. The van der Waals surface area contributed by atoms with Crippen molar-refractivity contribution in [2.75, 3.05) is 6.61 Å². The summed E-state index contributed by atoms with van der Waals surface area (Å²) in [5.74, 6) is -1.36. The Hall–Kier alpha value is -3.64. The summed E-state index contributed by atoms with van der Waals surface area (Å²) in [6.45, 7) is -0.409. The van der Waals surface area contributed by atoms with Crippen molar-refractivity contribution in [3.63, 3.8) is 0 Å². The number of hydrogen-bond donors (Lipinski definition) is 0. The first kappa shape index (κ1) is 20.3. The smallest absolute Gasteiger partial charge is 0.339 e. The second-order valence-electron chi connectivity index (χ2n) is 7.52. The van der Waals surface area contributed by atoms with Crippen LogP contribution in [0.25, 0.3) is 22.6 Å². The number of hydrogen-bond acceptors (Lipinski definition) is 5. The quantitative estimate of drug-likeness (QED) is 0.282. The molecule has 5 rings (SSSR count). The summed E-state index contributed by atoms with van der Waals surface area (Å²) in [7, 11) is 0. The van der Waals surface area contributed by atoms with Gasteiger partial charge in [-0.25, -0.2) is 14.2 Å². The zero-order chi connectivity index (χ0) is 22.1. The van der Waals surface area contributed by atoms with Crippen molar-refractivity contribution in [2.24, 2.45) is 0 Å². The average molecular weight is 443 g/mol. The minimum absolute atomic E-state index is 0.296. The first-order valence-corrected chi connectivity index (χ1v) is 11.1. The summed E-state index contributed by atoms with van der Waals surface area (Å²) < 4.78 is 18.5. The third-order valence-electron chi connectivity index (χ3n) is 5.51. The van der Waals surface area contributed by atoms with Gasteiger partial charge >= 0.3 is 5.97 Å². The number of fused-ring (bicyclic) bond motifs is 2. The fraction of sp³-hybridized carbons (Fsp3) is 0.115. The number of carbonyl (C=O) groups is 2. The van der Waals surface area contributed by atoms with Crippen LogP contribution in [0.4, 0.5) is 4.39 Å². The van der Waals surface area contributed by atoms with Gasteiger partial charge in [0.15, 0.2) is 12.4 Å². The van der Waals surface area contributed by atoms with Crippen LogP contribution in [0.3, 0.4) is 0 Å². The van der Waals surface area contributed by atoms with Crippen molar-refractivity contribution in [2.45, 2.75) is 12.8 Å². The van der Waals surface area contributed by atoms with Crippen LogP contribution in [0.1, 0.15) is 43.3 Å². The summed E-state index contributed by atoms with van der Waals surface area (Å²) in [5, 5.41) is 2.74. The molecular weight excluding hydrogens is 425 g/mol. The summed E-state index contributed by atoms with van der Waals surface area (Å²) in [6.07, 6.45) is 3.58. The van der Waals surface area contributed by atoms with Gasteiger partial charge in [0, 0.05) is 15.8 Å². The Morgan fingerprint density at radius 2 is 1.84 bits per heavy atom. The molecule has 0 N–H and O–H groups in total. The molecule has 0 unspecified atom stereocenters. The molecular formula is C26H18FNO3S. The molecule has 0 spiro atoms. The largest absolute Gasteiger partial charge is 0.454 e. The number of nitrogens with zero attached hydrogens (tertiary/aromatic N) is 1. The van der Waals surface area contributed by atoms with E-state index in [-0.39, 0.29) is 5.78 Å². The van der Waals surface area contributed by atoms with Gasteiger partial charge in [0.25, 0.3) is 0 Å². The van der Waals surface area contributed by atoms with Crippen LogP contribution >= 0.6 is 11.3 Å². The SMILES string of the molecule is O=C(COC(=O)c1c2c(nc3ccccc13)C(=Cc1cccs1)CC2)c1ccc(F)cc1. The number of halogens is 1. The summed E-state index contributed by atoms with van der Waals surface area (Å²) >= 11 is 1.65. The third-order valence-corrected chi connectivity index (χ3v) is 6.33. The van der Waals surface area contributed by atoms with E-state index in [0.29, 0.717) is 28.5 Å². The molecule has 1 aliphatic rings. The van der Waals surface area contributed by atoms with Crippen molar-refractivity contribution in [1.82, 2.24) is 4.98 Å². The van der Waals surface area contributed by atoms with Gasteiger partial charge in [0.05, 0.1) is 16.8 Å². The molecule has 0 radical (unpaired) electrons. The molecule has 32 heavy (non-hydrogen) atoms. The standard InChI is InChI=1S/C26H18FNO3S/c27-18-10-7-16(8-11-18)23(29)15-31-26(30)24-20-5-1-2-6-22(20)28-25-17(9-12-21(24)25)14-19-4-3-13-32-19/h1-8,10-11,13-14H,9,12,15H2. The number of thiophene rings is 1. The number of ketones is 1. The first-order chi connectivity index (χ1) is 15.6. The van der Waals surface area contributed by atoms with Gasteiger partial charge in [-0.05, 0) is 71.8 Å². The monoisotopic (exact) mass is 443 g/mol. The second-order valence-corrected chi connectivity index (χ2v) is 8.50. The van der Waals surface area contributed by atoms with E-state index in [2.05, 4.69) is 6.08 Å². The molecule has 4 nitrogen and oxygen atoms in total. The highest BCUT2D eigenvalue weighted by atomic mass is 32.1. The Balaban J connectivity index is 1.49. The molecule has 0 saturated carbocycles. The molecule has 2 aromatic heterocycles. The van der Waals surface area contributed by atoms with Gasteiger partial charge in [-0.2, -0.15) is 0 Å². The number of pyridine rings is 1. The number of rotatable bonds is 5. The molecule has 2 aromatic carbocycles. The zero-order valence-corrected chi connectivity index (χ0v) is 17.8. The number of aromatic nitrogens is 1. The van der Waals surface area contributed by atoms with Crippen LogP contribution in [0.15, 0.2) is 66.0 Å². The first-order valence-electron chi connectivity index (χ1n) is 10.2. The van der Waals surface area contributed by atoms with Crippen molar-refractivity contribution < 1.29 is 18.7 Å². The molecule has 158 valence electrons. The maximum absolute atomic E-state index is 13.2. The van der Waals surface area contributed by atoms with Crippen LogP contribution in [-0.2, 0) is 11.2 Å². The van der Waals surface area contributed by atoms with E-state index >= 15 is 0 Å². The molecule has 0 fully saturated rings. The van der Waals surface area contributed by atoms with Crippen molar-refractivity contribution in [3.05, 3.63) is 99.1 Å². The summed E-state index contributed by atoms with van der Waals surface area (Å²) in [6, 6.07) is 16.7. The molecule has 0 aliphatic heterocycles. The van der Waals surface area contributed by atoms with Gasteiger partial charge in [-0.3, -0.25) is 4.79 Å². The number of Topliss-reactive ketones (excluding diaryl/α,β-unsaturated/α-hetero) is 1. The van der Waals surface area contributed by atoms with Crippen LogP contribution < -0.4 is 0 Å². The molecule has 4 aromatic rings. The van der Waals surface area contributed by atoms with Crippen LogP contribution in [0, 0.1) is 5.82 Å². The molecule has 0 amide bonds. The molecule has 2 heterocycles. The van der Waals surface area contributed by atoms with Gasteiger partial charge in [-0.15, -0.1) is 11.3 Å². The normalized spacial score (nSPS) is 14.0. The van der Waals surface area contributed by atoms with E-state index in [9.17, 15) is 14.0 Å². The van der Waals surface area contributed by atoms with E-state index in [1.165, 1.54) is 24.3 Å². The highest BCUT2D eigenvalue weighted by Gasteiger charge is 2.28. The number of benzene rings is 2. The maximum Gasteiger partial charge on any atom is 0.339 e. The predicted molar refractivity (Wildman–Crippen MR) is 123 cm³/mol. The van der Waals surface area contributed by atoms with Gasteiger partial charge < -0.3 is 4.74 Å². The predicted octanol–water partition coefficient (Wildman–Crippen LogP) is 5.96. The van der Waals surface area contributed by atoms with Gasteiger partial charge in [-0.1, -0.05) is 24.3 Å². The van der Waals surface area contributed by atoms with Crippen LogP contribution in [0.2, 0.25) is 0 Å². The molecule has 0 atom stereocenters. The number of esters is 1. The Labute approximate surface area is 188 Å². The van der Waals surface area contributed by atoms with E-state index in [1.807, 2.05) is 41.8 Å². The molecule has 1 aliphatic carbocycles. The fourth-order valence-electron chi connectivity index (χ4n) is 3.98. The summed E-state index contributed by atoms with van der Waals surface area (Å²) in [4.78, 5) is 31.5. The minimum Gasteiger partial charge on any atom is -0.454 e. The number of ether oxygens (including phenoxy) is 1. The second kappa shape index (κ2) is 8.48. The Morgan fingerprint density at radius 1 is 1.03 bits per heavy atom. The third kappa shape index (κ3) is 3.85. The number of para-hydroxylation sites is 1.